The number of methoxy groups -OCH3 is 1. The van der Waals surface area contributed by atoms with Crippen LogP contribution in [-0.2, 0) is 9.53 Å². The molecule has 36 heavy (non-hydrogen) atoms. The molecule has 2 N–H and O–H groups in total. The van der Waals surface area contributed by atoms with Crippen molar-refractivity contribution in [2.24, 2.45) is 0 Å². The molecule has 0 unspecified atom stereocenters. The number of nitrogens with zero attached hydrogens (tertiary/aromatic N) is 4. The molecule has 14 heteroatoms. The van der Waals surface area contributed by atoms with E-state index in [4.69, 9.17) is 4.74 Å². The number of ether oxygens (including phenoxy) is 2. The van der Waals surface area contributed by atoms with E-state index in [0.29, 0.717) is 11.0 Å². The lowest BCUT2D eigenvalue weighted by Crippen LogP contribution is -2.25. The molecular formula is C22H22F4N6O3S. The van der Waals surface area contributed by atoms with Crippen molar-refractivity contribution in [2.75, 3.05) is 17.7 Å². The molecule has 1 fully saturated rings. The third kappa shape index (κ3) is 6.63. The monoisotopic (exact) mass is 526 g/mol. The molecule has 4 rings (SSSR count). The predicted molar refractivity (Wildman–Crippen MR) is 122 cm³/mol. The Labute approximate surface area is 207 Å². The number of rotatable bonds is 8. The van der Waals surface area contributed by atoms with Gasteiger partial charge in [-0.1, -0.05) is 11.3 Å². The summed E-state index contributed by atoms with van der Waals surface area (Å²) in [5.74, 6) is -2.08. The van der Waals surface area contributed by atoms with Crippen LogP contribution in [0, 0.1) is 5.82 Å². The largest absolute Gasteiger partial charge is 0.573 e. The van der Waals surface area contributed by atoms with Gasteiger partial charge in [-0.25, -0.2) is 4.39 Å². The summed E-state index contributed by atoms with van der Waals surface area (Å²) in [4.78, 5) is 12.7. The molecule has 1 atom stereocenters. The molecule has 2 aromatic heterocycles. The highest BCUT2D eigenvalue weighted by atomic mass is 32.1. The first-order valence-corrected chi connectivity index (χ1v) is 11.8. The van der Waals surface area contributed by atoms with Crippen LogP contribution in [0.3, 0.4) is 0 Å². The minimum atomic E-state index is -4.97. The lowest BCUT2D eigenvalue weighted by molar-refractivity contribution is -0.274. The first-order chi connectivity index (χ1) is 17.2. The van der Waals surface area contributed by atoms with Gasteiger partial charge in [0.25, 0.3) is 5.91 Å². The molecule has 1 amide bonds. The van der Waals surface area contributed by atoms with Crippen molar-refractivity contribution >= 4 is 27.5 Å². The number of amides is 1. The van der Waals surface area contributed by atoms with Crippen LogP contribution in [0.4, 0.5) is 27.8 Å². The van der Waals surface area contributed by atoms with Gasteiger partial charge >= 0.3 is 6.36 Å². The Kier molecular flexibility index (Phi) is 7.94. The van der Waals surface area contributed by atoms with Gasteiger partial charge in [-0.3, -0.25) is 10.1 Å². The topological polar surface area (TPSA) is 111 Å². The van der Waals surface area contributed by atoms with Crippen LogP contribution in [0.5, 0.6) is 5.75 Å². The Morgan fingerprint density at radius 3 is 2.53 bits per heavy atom. The highest BCUT2D eigenvalue weighted by molar-refractivity contribution is 7.19. The molecule has 1 saturated carbocycles. The molecule has 1 aromatic carbocycles. The van der Waals surface area contributed by atoms with E-state index in [2.05, 4.69) is 35.8 Å². The van der Waals surface area contributed by atoms with Crippen molar-refractivity contribution in [3.8, 4) is 5.75 Å². The van der Waals surface area contributed by atoms with E-state index in [1.807, 2.05) is 12.1 Å². The molecule has 0 spiro atoms. The molecule has 192 valence electrons. The Morgan fingerprint density at radius 1 is 1.11 bits per heavy atom. The molecule has 0 saturated heterocycles. The van der Waals surface area contributed by atoms with Gasteiger partial charge in [0, 0.05) is 30.8 Å². The van der Waals surface area contributed by atoms with E-state index in [1.54, 1.807) is 6.20 Å². The van der Waals surface area contributed by atoms with Gasteiger partial charge in [0.1, 0.15) is 11.6 Å². The number of halogens is 4. The van der Waals surface area contributed by atoms with Gasteiger partial charge < -0.3 is 14.8 Å². The number of nitrogens with one attached hydrogen (secondary N) is 2. The zero-order valence-corrected chi connectivity index (χ0v) is 19.8. The maximum absolute atomic E-state index is 14.3. The smallest absolute Gasteiger partial charge is 0.406 e. The van der Waals surface area contributed by atoms with Gasteiger partial charge in [0.15, 0.2) is 6.10 Å². The number of carbonyl (C=O) groups excluding carboxylic acids is 1. The average Bonchev–Trinajstić information content (AvgIpc) is 3.28. The second-order valence-corrected chi connectivity index (χ2v) is 9.07. The summed E-state index contributed by atoms with van der Waals surface area (Å²) in [6.07, 6.45) is -1.20. The second-order valence-electron chi connectivity index (χ2n) is 8.09. The Balaban J connectivity index is 1.35. The van der Waals surface area contributed by atoms with E-state index in [-0.39, 0.29) is 11.2 Å². The van der Waals surface area contributed by atoms with Gasteiger partial charge in [-0.05, 0) is 56.0 Å². The summed E-state index contributed by atoms with van der Waals surface area (Å²) in [6.45, 7) is 0. The molecule has 3 aromatic rings. The Morgan fingerprint density at radius 2 is 1.86 bits per heavy atom. The van der Waals surface area contributed by atoms with E-state index in [1.165, 1.54) is 0 Å². The fourth-order valence-corrected chi connectivity index (χ4v) is 4.76. The van der Waals surface area contributed by atoms with Crippen molar-refractivity contribution in [3.05, 3.63) is 53.6 Å². The normalized spacial score (nSPS) is 18.9. The van der Waals surface area contributed by atoms with Crippen molar-refractivity contribution in [1.29, 1.82) is 0 Å². The summed E-state index contributed by atoms with van der Waals surface area (Å²) in [5.41, 5.74) is 0.566. The standard InChI is InChI=1S/C22H22F4N6O3S/c1-34-18(15-11-14(8-9-16(15)23)35-22(24,25)26)19(33)29-21-32-31-20(36-21)28-13-6-4-12(5-7-13)17-3-2-10-27-30-17/h2-3,8-13,18H,4-7H2,1H3,(H,28,31)(H,29,32,33)/t12-,13-,18-/m1/s1. The zero-order chi connectivity index (χ0) is 25.7. The SMILES string of the molecule is CO[C@@H](C(=O)Nc1nnc(N[C@H]2CC[C@H](c3cccnn3)CC2)s1)c1cc(OC(F)(F)F)ccc1F. The fraction of sp³-hybridized carbons (Fsp3) is 0.409. The Hall–Kier alpha value is -3.39. The van der Waals surface area contributed by atoms with Gasteiger partial charge in [0.05, 0.1) is 5.69 Å². The van der Waals surface area contributed by atoms with Crippen LogP contribution >= 0.6 is 11.3 Å². The highest BCUT2D eigenvalue weighted by Gasteiger charge is 2.32. The first kappa shape index (κ1) is 25.7. The molecule has 1 aliphatic rings. The minimum absolute atomic E-state index is 0.126. The highest BCUT2D eigenvalue weighted by Crippen LogP contribution is 2.34. The number of hydrogen-bond acceptors (Lipinski definition) is 9. The maximum atomic E-state index is 14.3. The van der Waals surface area contributed by atoms with Gasteiger partial charge in [0.2, 0.25) is 10.3 Å². The van der Waals surface area contributed by atoms with Crippen LogP contribution in [0.15, 0.2) is 36.5 Å². The van der Waals surface area contributed by atoms with Crippen LogP contribution in [-0.4, -0.2) is 45.8 Å². The lowest BCUT2D eigenvalue weighted by atomic mass is 9.84. The number of hydrogen-bond donors (Lipinski definition) is 2. The second kappa shape index (κ2) is 11.1. The lowest BCUT2D eigenvalue weighted by Gasteiger charge is -2.28. The number of anilines is 2. The molecule has 1 aliphatic carbocycles. The van der Waals surface area contributed by atoms with Crippen molar-refractivity contribution in [3.63, 3.8) is 0 Å². The third-order valence-corrected chi connectivity index (χ3v) is 6.45. The molecule has 0 bridgehead atoms. The first-order valence-electron chi connectivity index (χ1n) is 11.0. The summed E-state index contributed by atoms with van der Waals surface area (Å²) in [5, 5.41) is 22.5. The fourth-order valence-electron chi connectivity index (χ4n) is 4.04. The minimum Gasteiger partial charge on any atom is -0.406 e. The summed E-state index contributed by atoms with van der Waals surface area (Å²) >= 11 is 1.08. The molecule has 0 aliphatic heterocycles. The molecule has 0 radical (unpaired) electrons. The summed E-state index contributed by atoms with van der Waals surface area (Å²) in [7, 11) is 1.13. The van der Waals surface area contributed by atoms with Crippen molar-refractivity contribution < 1.29 is 31.8 Å². The van der Waals surface area contributed by atoms with Crippen molar-refractivity contribution in [1.82, 2.24) is 20.4 Å². The van der Waals surface area contributed by atoms with Crippen LogP contribution in [0.25, 0.3) is 0 Å². The Bertz CT molecular complexity index is 1170. The maximum Gasteiger partial charge on any atom is 0.573 e. The molecule has 2 heterocycles. The zero-order valence-electron chi connectivity index (χ0n) is 19.0. The molecule has 9 nitrogen and oxygen atoms in total. The van der Waals surface area contributed by atoms with Crippen LogP contribution < -0.4 is 15.4 Å². The number of aromatic nitrogens is 4. The molecular weight excluding hydrogens is 504 g/mol. The number of alkyl halides is 3. The van der Waals surface area contributed by atoms with E-state index in [0.717, 1.165) is 68.0 Å². The predicted octanol–water partition coefficient (Wildman–Crippen LogP) is 4.83. The van der Waals surface area contributed by atoms with E-state index >= 15 is 0 Å². The third-order valence-electron chi connectivity index (χ3n) is 5.68. The quantitative estimate of drug-likeness (QED) is 0.402. The summed E-state index contributed by atoms with van der Waals surface area (Å²) in [6, 6.07) is 6.36. The van der Waals surface area contributed by atoms with E-state index < -0.39 is 35.5 Å². The van der Waals surface area contributed by atoms with Crippen molar-refractivity contribution in [2.45, 2.75) is 50.1 Å². The number of benzene rings is 1. The van der Waals surface area contributed by atoms with E-state index in [9.17, 15) is 22.4 Å². The van der Waals surface area contributed by atoms with Gasteiger partial charge in [-0.2, -0.15) is 10.2 Å². The van der Waals surface area contributed by atoms with Crippen LogP contribution in [0.1, 0.15) is 49.0 Å². The summed E-state index contributed by atoms with van der Waals surface area (Å²) < 4.78 is 60.7. The van der Waals surface area contributed by atoms with Gasteiger partial charge in [-0.15, -0.1) is 23.4 Å². The average molecular weight is 527 g/mol. The van der Waals surface area contributed by atoms with Crippen LogP contribution in [0.2, 0.25) is 0 Å². The number of carbonyl (C=O) groups is 1.